The van der Waals surface area contributed by atoms with E-state index < -0.39 is 4.92 Å². The lowest BCUT2D eigenvalue weighted by atomic mass is 10.1. The Balaban J connectivity index is 2.74. The van der Waals surface area contributed by atoms with Crippen LogP contribution in [0.4, 0.5) is 11.4 Å². The standard InChI is InChI=1S/C15H15N3O4/c1-8-13(9(2)19)15(18(21)22)14(16-8)11-6-4-5-7-12(11)17-10(3)20/h4-7,16H,1-3H3,(H,17,20). The van der Waals surface area contributed by atoms with E-state index in [1.54, 1.807) is 31.2 Å². The average Bonchev–Trinajstić information content (AvgIpc) is 2.76. The molecule has 1 aromatic carbocycles. The van der Waals surface area contributed by atoms with Crippen molar-refractivity contribution >= 4 is 23.1 Å². The Morgan fingerprint density at radius 2 is 1.86 bits per heavy atom. The quantitative estimate of drug-likeness (QED) is 0.514. The Bertz CT molecular complexity index is 777. The van der Waals surface area contributed by atoms with E-state index in [1.165, 1.54) is 13.8 Å². The number of aryl methyl sites for hydroxylation is 1. The van der Waals surface area contributed by atoms with Crippen LogP contribution in [0.25, 0.3) is 11.3 Å². The van der Waals surface area contributed by atoms with Crippen LogP contribution >= 0.6 is 0 Å². The van der Waals surface area contributed by atoms with Gasteiger partial charge in [0.2, 0.25) is 5.91 Å². The molecule has 0 radical (unpaired) electrons. The van der Waals surface area contributed by atoms with Crippen LogP contribution in [0.1, 0.15) is 29.9 Å². The number of hydrogen-bond acceptors (Lipinski definition) is 4. The maximum atomic E-state index is 11.7. The smallest absolute Gasteiger partial charge is 0.305 e. The maximum absolute atomic E-state index is 11.7. The molecule has 2 N–H and O–H groups in total. The fourth-order valence-electron chi connectivity index (χ4n) is 2.42. The lowest BCUT2D eigenvalue weighted by Gasteiger charge is -2.08. The van der Waals surface area contributed by atoms with Crippen molar-refractivity contribution < 1.29 is 14.5 Å². The van der Waals surface area contributed by atoms with Crippen LogP contribution in [-0.4, -0.2) is 21.6 Å². The third kappa shape index (κ3) is 2.73. The number of ketones is 1. The van der Waals surface area contributed by atoms with Gasteiger partial charge in [-0.2, -0.15) is 0 Å². The minimum atomic E-state index is -0.583. The van der Waals surface area contributed by atoms with Crippen molar-refractivity contribution in [3.8, 4) is 11.3 Å². The molecule has 7 nitrogen and oxygen atoms in total. The predicted octanol–water partition coefficient (Wildman–Crippen LogP) is 3.06. The van der Waals surface area contributed by atoms with Gasteiger partial charge in [-0.3, -0.25) is 19.7 Å². The van der Waals surface area contributed by atoms with Gasteiger partial charge < -0.3 is 10.3 Å². The zero-order valence-electron chi connectivity index (χ0n) is 12.4. The third-order valence-corrected chi connectivity index (χ3v) is 3.20. The molecule has 0 bridgehead atoms. The molecular formula is C15H15N3O4. The first-order valence-electron chi connectivity index (χ1n) is 6.57. The Hall–Kier alpha value is -2.96. The van der Waals surface area contributed by atoms with Gasteiger partial charge in [0.15, 0.2) is 5.78 Å². The van der Waals surface area contributed by atoms with Crippen molar-refractivity contribution in [3.05, 3.63) is 45.6 Å². The number of nitro groups is 1. The van der Waals surface area contributed by atoms with E-state index in [9.17, 15) is 19.7 Å². The summed E-state index contributed by atoms with van der Waals surface area (Å²) >= 11 is 0. The SMILES string of the molecule is CC(=O)Nc1ccccc1-c1[nH]c(C)c(C(C)=O)c1[N+](=O)[O-]. The summed E-state index contributed by atoms with van der Waals surface area (Å²) in [5.74, 6) is -0.672. The highest BCUT2D eigenvalue weighted by molar-refractivity contribution is 6.04. The molecule has 114 valence electrons. The van der Waals surface area contributed by atoms with Crippen LogP contribution in [0.15, 0.2) is 24.3 Å². The molecule has 0 fully saturated rings. The first-order chi connectivity index (χ1) is 10.3. The van der Waals surface area contributed by atoms with Gasteiger partial charge in [-0.15, -0.1) is 0 Å². The molecule has 2 rings (SSSR count). The number of amides is 1. The highest BCUT2D eigenvalue weighted by atomic mass is 16.6. The summed E-state index contributed by atoms with van der Waals surface area (Å²) in [7, 11) is 0. The van der Waals surface area contributed by atoms with Gasteiger partial charge in [0.1, 0.15) is 11.3 Å². The number of carbonyl (C=O) groups excluding carboxylic acids is 2. The molecular weight excluding hydrogens is 286 g/mol. The Morgan fingerprint density at radius 1 is 1.23 bits per heavy atom. The molecule has 0 atom stereocenters. The van der Waals surface area contributed by atoms with E-state index in [1.807, 2.05) is 0 Å². The molecule has 1 heterocycles. The average molecular weight is 301 g/mol. The number of carbonyl (C=O) groups is 2. The molecule has 0 saturated carbocycles. The van der Waals surface area contributed by atoms with Crippen molar-refractivity contribution in [3.63, 3.8) is 0 Å². The number of anilines is 1. The third-order valence-electron chi connectivity index (χ3n) is 3.20. The van der Waals surface area contributed by atoms with Crippen molar-refractivity contribution in [2.75, 3.05) is 5.32 Å². The van der Waals surface area contributed by atoms with Gasteiger partial charge in [0.25, 0.3) is 0 Å². The lowest BCUT2D eigenvalue weighted by Crippen LogP contribution is -2.07. The second kappa shape index (κ2) is 5.80. The summed E-state index contributed by atoms with van der Waals surface area (Å²) < 4.78 is 0. The molecule has 0 aliphatic rings. The van der Waals surface area contributed by atoms with Crippen LogP contribution in [0, 0.1) is 17.0 Å². The van der Waals surface area contributed by atoms with E-state index in [0.29, 0.717) is 16.9 Å². The summed E-state index contributed by atoms with van der Waals surface area (Å²) in [5, 5.41) is 14.0. The Morgan fingerprint density at radius 3 is 2.41 bits per heavy atom. The van der Waals surface area contributed by atoms with E-state index in [0.717, 1.165) is 0 Å². The van der Waals surface area contributed by atoms with E-state index in [2.05, 4.69) is 10.3 Å². The van der Waals surface area contributed by atoms with Crippen LogP contribution in [0.3, 0.4) is 0 Å². The number of para-hydroxylation sites is 1. The number of aromatic amines is 1. The lowest BCUT2D eigenvalue weighted by molar-refractivity contribution is -0.384. The van der Waals surface area contributed by atoms with Crippen LogP contribution in [0.5, 0.6) is 0 Å². The normalized spacial score (nSPS) is 10.3. The number of benzene rings is 1. The first kappa shape index (κ1) is 15.4. The summed E-state index contributed by atoms with van der Waals surface area (Å²) in [5.41, 5.74) is 1.30. The number of hydrogen-bond donors (Lipinski definition) is 2. The molecule has 7 heteroatoms. The summed E-state index contributed by atoms with van der Waals surface area (Å²) in [6.07, 6.45) is 0. The van der Waals surface area contributed by atoms with E-state index in [-0.39, 0.29) is 28.6 Å². The Labute approximate surface area is 126 Å². The van der Waals surface area contributed by atoms with Crippen LogP contribution in [-0.2, 0) is 4.79 Å². The summed E-state index contributed by atoms with van der Waals surface area (Å²) in [6, 6.07) is 6.70. The molecule has 1 aromatic heterocycles. The number of nitrogens with one attached hydrogen (secondary N) is 2. The second-order valence-electron chi connectivity index (χ2n) is 4.89. The molecule has 0 spiro atoms. The summed E-state index contributed by atoms with van der Waals surface area (Å²) in [6.45, 7) is 4.24. The van der Waals surface area contributed by atoms with Crippen LogP contribution < -0.4 is 5.32 Å². The Kier molecular flexibility index (Phi) is 4.07. The zero-order valence-corrected chi connectivity index (χ0v) is 12.4. The monoisotopic (exact) mass is 301 g/mol. The molecule has 0 unspecified atom stereocenters. The number of H-pyrrole nitrogens is 1. The number of nitrogens with zero attached hydrogens (tertiary/aromatic N) is 1. The van der Waals surface area contributed by atoms with Gasteiger partial charge in [-0.25, -0.2) is 0 Å². The highest BCUT2D eigenvalue weighted by Crippen LogP contribution is 2.38. The molecule has 1 amide bonds. The van der Waals surface area contributed by atoms with Crippen LogP contribution in [0.2, 0.25) is 0 Å². The number of rotatable bonds is 4. The fourth-order valence-corrected chi connectivity index (χ4v) is 2.42. The summed E-state index contributed by atoms with van der Waals surface area (Å²) in [4.78, 5) is 36.7. The van der Waals surface area contributed by atoms with E-state index >= 15 is 0 Å². The molecule has 0 aliphatic heterocycles. The fraction of sp³-hybridized carbons (Fsp3) is 0.200. The minimum absolute atomic E-state index is 0.0534. The topological polar surface area (TPSA) is 105 Å². The van der Waals surface area contributed by atoms with Crippen molar-refractivity contribution in [2.24, 2.45) is 0 Å². The van der Waals surface area contributed by atoms with Gasteiger partial charge in [0, 0.05) is 18.2 Å². The molecule has 0 aliphatic carbocycles. The first-order valence-corrected chi connectivity index (χ1v) is 6.57. The van der Waals surface area contributed by atoms with Crippen molar-refractivity contribution in [2.45, 2.75) is 20.8 Å². The minimum Gasteiger partial charge on any atom is -0.352 e. The van der Waals surface area contributed by atoms with Gasteiger partial charge in [0.05, 0.1) is 10.6 Å². The highest BCUT2D eigenvalue weighted by Gasteiger charge is 2.29. The van der Waals surface area contributed by atoms with Gasteiger partial charge >= 0.3 is 5.69 Å². The largest absolute Gasteiger partial charge is 0.352 e. The number of aromatic nitrogens is 1. The molecule has 22 heavy (non-hydrogen) atoms. The van der Waals surface area contributed by atoms with E-state index in [4.69, 9.17) is 0 Å². The molecule has 2 aromatic rings. The number of Topliss-reactive ketones (excluding diaryl/α,β-unsaturated/α-hetero) is 1. The van der Waals surface area contributed by atoms with Gasteiger partial charge in [-0.1, -0.05) is 18.2 Å². The molecule has 0 saturated heterocycles. The maximum Gasteiger partial charge on any atom is 0.305 e. The second-order valence-corrected chi connectivity index (χ2v) is 4.89. The van der Waals surface area contributed by atoms with Gasteiger partial charge in [-0.05, 0) is 19.9 Å². The van der Waals surface area contributed by atoms with Crippen molar-refractivity contribution in [1.29, 1.82) is 0 Å². The predicted molar refractivity (Wildman–Crippen MR) is 81.9 cm³/mol. The van der Waals surface area contributed by atoms with Crippen molar-refractivity contribution in [1.82, 2.24) is 4.98 Å². The zero-order chi connectivity index (χ0) is 16.4.